The van der Waals surface area contributed by atoms with Gasteiger partial charge in [0.15, 0.2) is 5.89 Å². The summed E-state index contributed by atoms with van der Waals surface area (Å²) < 4.78 is 16.0. The van der Waals surface area contributed by atoms with Crippen molar-refractivity contribution in [2.24, 2.45) is 11.5 Å². The highest BCUT2D eigenvalue weighted by atomic mass is 16.5. The Hall–Kier alpha value is -6.98. The third kappa shape index (κ3) is 6.88. The number of primary amides is 2. The number of aryl methyl sites for hydroxylation is 4. The van der Waals surface area contributed by atoms with Crippen LogP contribution in [0.15, 0.2) is 46.9 Å². The molecule has 18 nitrogen and oxygen atoms in total. The van der Waals surface area contributed by atoms with Crippen molar-refractivity contribution in [3.63, 3.8) is 0 Å². The zero-order valence-corrected chi connectivity index (χ0v) is 29.6. The summed E-state index contributed by atoms with van der Waals surface area (Å²) in [5, 5.41) is 20.9. The molecular formula is C35H37N11O7. The highest BCUT2D eigenvalue weighted by Crippen LogP contribution is 2.32. The second kappa shape index (κ2) is 14.3. The zero-order chi connectivity index (χ0) is 38.1. The summed E-state index contributed by atoms with van der Waals surface area (Å²) in [6.45, 7) is 7.79. The Kier molecular flexibility index (Phi) is 9.69. The van der Waals surface area contributed by atoms with E-state index >= 15 is 0 Å². The molecule has 0 radical (unpaired) electrons. The first kappa shape index (κ1) is 35.8. The normalized spacial score (nSPS) is 11.5. The number of carbonyl (C=O) groups excluding carboxylic acids is 4. The molecule has 6 aromatic rings. The SMILES string of the molecule is CCc1nc(C)oc1C(=O)Nc1nc2cc(C(N)=O)cc(O)c2n1C/C=C/Cn1c(NC(=O)c2cc(C)nn2CC)nc2cc(C(N)=O)cc(OC)c21. The van der Waals surface area contributed by atoms with Gasteiger partial charge in [0.1, 0.15) is 28.2 Å². The van der Waals surface area contributed by atoms with Crippen molar-refractivity contribution >= 4 is 57.6 Å². The number of fused-ring (bicyclic) bond motifs is 2. The number of amides is 4. The van der Waals surface area contributed by atoms with Crippen LogP contribution in [-0.2, 0) is 26.1 Å². The highest BCUT2D eigenvalue weighted by Gasteiger charge is 2.24. The molecule has 2 aromatic carbocycles. The number of oxazole rings is 1. The number of ether oxygens (including phenoxy) is 1. The first-order chi connectivity index (χ1) is 25.3. The molecule has 0 aliphatic heterocycles. The van der Waals surface area contributed by atoms with E-state index in [0.29, 0.717) is 52.7 Å². The summed E-state index contributed by atoms with van der Waals surface area (Å²) in [4.78, 5) is 64.3. The summed E-state index contributed by atoms with van der Waals surface area (Å²) in [6.07, 6.45) is 3.95. The molecule has 0 atom stereocenters. The van der Waals surface area contributed by atoms with Crippen LogP contribution in [0.3, 0.4) is 0 Å². The average molecular weight is 724 g/mol. The Morgan fingerprint density at radius 1 is 0.849 bits per heavy atom. The number of hydrogen-bond acceptors (Lipinski definition) is 11. The molecule has 0 unspecified atom stereocenters. The van der Waals surface area contributed by atoms with Crippen LogP contribution in [-0.4, -0.2) is 69.7 Å². The third-order valence-corrected chi connectivity index (χ3v) is 8.39. The van der Waals surface area contributed by atoms with Crippen LogP contribution >= 0.6 is 0 Å². The standard InChI is InChI=1S/C35H37N11O7/c1-6-21-29(53-18(4)38-21)33(51)42-35-39-22-13-19(30(36)48)15-25(47)27(22)44(35)10-8-9-11-45-28-23(14-20(31(37)49)16-26(28)52-5)40-34(45)41-32(50)24-12-17(3)43-46(24)7-2/h8-9,12-16,47H,6-7,10-11H2,1-5H3,(H2,36,48)(H2,37,49)(H,39,42,51)(H,40,41,50)/b9-8+. The molecule has 0 fully saturated rings. The maximum atomic E-state index is 13.5. The van der Waals surface area contributed by atoms with Gasteiger partial charge in [0.25, 0.3) is 11.8 Å². The Labute approximate surface area is 301 Å². The van der Waals surface area contributed by atoms with Crippen molar-refractivity contribution in [2.45, 2.75) is 53.8 Å². The van der Waals surface area contributed by atoms with E-state index in [1.807, 2.05) is 13.8 Å². The van der Waals surface area contributed by atoms with E-state index in [4.69, 9.17) is 20.6 Å². The molecule has 7 N–H and O–H groups in total. The van der Waals surface area contributed by atoms with Gasteiger partial charge < -0.3 is 34.9 Å². The van der Waals surface area contributed by atoms with Gasteiger partial charge in [-0.25, -0.2) is 15.0 Å². The Morgan fingerprint density at radius 3 is 2.02 bits per heavy atom. The third-order valence-electron chi connectivity index (χ3n) is 8.39. The van der Waals surface area contributed by atoms with E-state index in [2.05, 4.69) is 30.7 Å². The van der Waals surface area contributed by atoms with Gasteiger partial charge in [0.2, 0.25) is 29.5 Å². The molecule has 18 heteroatoms. The van der Waals surface area contributed by atoms with Gasteiger partial charge in [0.05, 0.1) is 29.5 Å². The van der Waals surface area contributed by atoms with Crippen LogP contribution < -0.4 is 26.8 Å². The van der Waals surface area contributed by atoms with Crippen molar-refractivity contribution in [3.05, 3.63) is 82.3 Å². The number of nitrogens with two attached hydrogens (primary N) is 2. The zero-order valence-electron chi connectivity index (χ0n) is 29.6. The number of anilines is 2. The number of phenolic OH excluding ortho intramolecular Hbond substituents is 1. The molecule has 0 spiro atoms. The monoisotopic (exact) mass is 723 g/mol. The maximum absolute atomic E-state index is 13.5. The van der Waals surface area contributed by atoms with Crippen LogP contribution in [0.4, 0.5) is 11.9 Å². The van der Waals surface area contributed by atoms with Crippen LogP contribution in [0.2, 0.25) is 0 Å². The number of carbonyl (C=O) groups is 4. The van der Waals surface area contributed by atoms with E-state index in [-0.39, 0.29) is 58.7 Å². The van der Waals surface area contributed by atoms with Crippen LogP contribution in [0.5, 0.6) is 11.5 Å². The van der Waals surface area contributed by atoms with Gasteiger partial charge in [-0.1, -0.05) is 19.1 Å². The molecular weight excluding hydrogens is 686 g/mol. The summed E-state index contributed by atoms with van der Waals surface area (Å²) in [5.41, 5.74) is 13.9. The molecule has 4 aromatic heterocycles. The van der Waals surface area contributed by atoms with Gasteiger partial charge in [-0.15, -0.1) is 0 Å². The van der Waals surface area contributed by atoms with Crippen molar-refractivity contribution in [1.82, 2.24) is 33.9 Å². The predicted molar refractivity (Wildman–Crippen MR) is 193 cm³/mol. The summed E-state index contributed by atoms with van der Waals surface area (Å²) in [6, 6.07) is 7.29. The summed E-state index contributed by atoms with van der Waals surface area (Å²) in [7, 11) is 1.44. The molecule has 0 saturated carbocycles. The van der Waals surface area contributed by atoms with Gasteiger partial charge in [-0.3, -0.25) is 34.5 Å². The molecule has 0 saturated heterocycles. The summed E-state index contributed by atoms with van der Waals surface area (Å²) >= 11 is 0. The van der Waals surface area contributed by atoms with Crippen molar-refractivity contribution < 1.29 is 33.4 Å². The molecule has 53 heavy (non-hydrogen) atoms. The lowest BCUT2D eigenvalue weighted by Gasteiger charge is -2.11. The van der Waals surface area contributed by atoms with E-state index in [1.54, 1.807) is 45.9 Å². The summed E-state index contributed by atoms with van der Waals surface area (Å²) in [5.74, 6) is -1.96. The number of nitrogens with one attached hydrogen (secondary N) is 2. The maximum Gasteiger partial charge on any atom is 0.295 e. The lowest BCUT2D eigenvalue weighted by atomic mass is 10.1. The fourth-order valence-corrected chi connectivity index (χ4v) is 6.00. The van der Waals surface area contributed by atoms with Crippen molar-refractivity contribution in [1.29, 1.82) is 0 Å². The lowest BCUT2D eigenvalue weighted by molar-refractivity contribution is 0.0987. The lowest BCUT2D eigenvalue weighted by Crippen LogP contribution is -2.20. The molecule has 274 valence electrons. The Balaban J connectivity index is 1.38. The fourth-order valence-electron chi connectivity index (χ4n) is 6.00. The van der Waals surface area contributed by atoms with Crippen LogP contribution in [0, 0.1) is 13.8 Å². The van der Waals surface area contributed by atoms with E-state index in [1.165, 1.54) is 31.4 Å². The van der Waals surface area contributed by atoms with Crippen molar-refractivity contribution in [3.8, 4) is 11.5 Å². The molecule has 0 aliphatic rings. The Bertz CT molecular complexity index is 2470. The molecule has 0 bridgehead atoms. The van der Waals surface area contributed by atoms with E-state index in [9.17, 15) is 24.3 Å². The largest absolute Gasteiger partial charge is 0.506 e. The minimum Gasteiger partial charge on any atom is -0.506 e. The van der Waals surface area contributed by atoms with Gasteiger partial charge in [-0.05, 0) is 50.6 Å². The smallest absolute Gasteiger partial charge is 0.295 e. The second-order valence-corrected chi connectivity index (χ2v) is 12.0. The number of nitrogens with zero attached hydrogens (tertiary/aromatic N) is 7. The minimum absolute atomic E-state index is 0.0216. The minimum atomic E-state index is -0.768. The van der Waals surface area contributed by atoms with Crippen LogP contribution in [0.25, 0.3) is 22.1 Å². The molecule has 6 rings (SSSR count). The molecule has 0 aliphatic carbocycles. The highest BCUT2D eigenvalue weighted by molar-refractivity contribution is 6.05. The average Bonchev–Trinajstić information content (AvgIpc) is 3.88. The van der Waals surface area contributed by atoms with E-state index < -0.39 is 23.6 Å². The predicted octanol–water partition coefficient (Wildman–Crippen LogP) is 3.44. The first-order valence-corrected chi connectivity index (χ1v) is 16.5. The topological polar surface area (TPSA) is 253 Å². The van der Waals surface area contributed by atoms with Crippen LogP contribution in [0.1, 0.15) is 72.9 Å². The van der Waals surface area contributed by atoms with Gasteiger partial charge in [0, 0.05) is 37.7 Å². The molecule has 4 heterocycles. The number of phenols is 1. The number of aromatic hydroxyl groups is 1. The number of methoxy groups -OCH3 is 1. The Morgan fingerprint density at radius 2 is 1.43 bits per heavy atom. The quantitative estimate of drug-likeness (QED) is 0.108. The number of imidazole rings is 2. The fraction of sp³-hybridized carbons (Fsp3) is 0.257. The molecule has 4 amide bonds. The van der Waals surface area contributed by atoms with Gasteiger partial charge >= 0.3 is 0 Å². The number of allylic oxidation sites excluding steroid dienone is 2. The number of aromatic nitrogens is 7. The van der Waals surface area contributed by atoms with Crippen molar-refractivity contribution in [2.75, 3.05) is 17.7 Å². The second-order valence-electron chi connectivity index (χ2n) is 12.0. The first-order valence-electron chi connectivity index (χ1n) is 16.5. The number of hydrogen-bond donors (Lipinski definition) is 5. The van der Waals surface area contributed by atoms with E-state index in [0.717, 1.165) is 0 Å². The number of benzene rings is 2. The van der Waals surface area contributed by atoms with Gasteiger partial charge in [-0.2, -0.15) is 5.10 Å². The number of rotatable bonds is 13.